The summed E-state index contributed by atoms with van der Waals surface area (Å²) < 4.78 is 0. The molecule has 0 aromatic rings. The highest BCUT2D eigenvalue weighted by Gasteiger charge is 2.56. The lowest BCUT2D eigenvalue weighted by molar-refractivity contribution is -0.152. The molecule has 118 valence electrons. The van der Waals surface area contributed by atoms with Gasteiger partial charge in [-0.2, -0.15) is 0 Å². The van der Waals surface area contributed by atoms with Gasteiger partial charge in [0.2, 0.25) is 0 Å². The van der Waals surface area contributed by atoms with E-state index in [9.17, 15) is 9.90 Å². The number of hydrogen-bond acceptors (Lipinski definition) is 2. The van der Waals surface area contributed by atoms with Crippen LogP contribution >= 0.6 is 0 Å². The molecule has 0 radical (unpaired) electrons. The molecule has 0 saturated heterocycles. The van der Waals surface area contributed by atoms with E-state index in [4.69, 9.17) is 0 Å². The van der Waals surface area contributed by atoms with E-state index in [-0.39, 0.29) is 11.5 Å². The second-order valence-electron chi connectivity index (χ2n) is 8.55. The van der Waals surface area contributed by atoms with Crippen molar-refractivity contribution >= 4 is 5.97 Å². The van der Waals surface area contributed by atoms with Crippen LogP contribution in [0, 0.1) is 23.2 Å². The van der Waals surface area contributed by atoms with Gasteiger partial charge in [0.25, 0.3) is 0 Å². The van der Waals surface area contributed by atoms with Crippen LogP contribution in [0.2, 0.25) is 0 Å². The van der Waals surface area contributed by atoms with Crippen molar-refractivity contribution in [2.45, 2.75) is 82.7 Å². The normalized spacial score (nSPS) is 43.9. The molecular weight excluding hydrogens is 262 g/mol. The van der Waals surface area contributed by atoms with E-state index in [1.165, 1.54) is 70.6 Å². The van der Waals surface area contributed by atoms with Gasteiger partial charge in [-0.15, -0.1) is 0 Å². The largest absolute Gasteiger partial charge is 0.480 e. The first-order chi connectivity index (χ1) is 10.1. The van der Waals surface area contributed by atoms with E-state index in [1.54, 1.807) is 0 Å². The van der Waals surface area contributed by atoms with Crippen LogP contribution in [-0.4, -0.2) is 23.2 Å². The van der Waals surface area contributed by atoms with Crippen molar-refractivity contribution in [1.82, 2.24) is 5.32 Å². The molecule has 4 bridgehead atoms. The number of aliphatic carboxylic acids is 1. The number of rotatable bonds is 4. The summed E-state index contributed by atoms with van der Waals surface area (Å²) >= 11 is 0. The first-order valence-corrected chi connectivity index (χ1v) is 9.13. The summed E-state index contributed by atoms with van der Waals surface area (Å²) in [6.07, 6.45) is 13.9. The molecule has 3 nitrogen and oxygen atoms in total. The summed E-state index contributed by atoms with van der Waals surface area (Å²) in [7, 11) is 0. The molecule has 5 aliphatic carbocycles. The Kier molecular flexibility index (Phi) is 3.52. The third-order valence-corrected chi connectivity index (χ3v) is 6.95. The van der Waals surface area contributed by atoms with Crippen LogP contribution in [0.1, 0.15) is 70.6 Å². The fraction of sp³-hybridized carbons (Fsp3) is 0.944. The minimum absolute atomic E-state index is 0.0814. The minimum atomic E-state index is -0.581. The Balaban J connectivity index is 1.54. The second kappa shape index (κ2) is 5.26. The summed E-state index contributed by atoms with van der Waals surface area (Å²) in [5.41, 5.74) is 0.0814. The maximum absolute atomic E-state index is 12.0. The van der Waals surface area contributed by atoms with Gasteiger partial charge in [-0.05, 0) is 74.5 Å². The average molecular weight is 291 g/mol. The second-order valence-corrected chi connectivity index (χ2v) is 8.55. The van der Waals surface area contributed by atoms with Gasteiger partial charge in [-0.3, -0.25) is 4.79 Å². The number of carbonyl (C=O) groups is 1. The number of carboxylic acids is 1. The molecule has 0 amide bonds. The van der Waals surface area contributed by atoms with Gasteiger partial charge in [0, 0.05) is 6.04 Å². The lowest BCUT2D eigenvalue weighted by Crippen LogP contribution is -2.60. The van der Waals surface area contributed by atoms with Crippen molar-refractivity contribution in [3.63, 3.8) is 0 Å². The van der Waals surface area contributed by atoms with Crippen LogP contribution < -0.4 is 5.32 Å². The van der Waals surface area contributed by atoms with Crippen LogP contribution in [-0.2, 0) is 4.79 Å². The van der Waals surface area contributed by atoms with Gasteiger partial charge in [-0.25, -0.2) is 0 Å². The van der Waals surface area contributed by atoms with Crippen molar-refractivity contribution in [1.29, 1.82) is 0 Å². The predicted octanol–water partition coefficient (Wildman–Crippen LogP) is 3.58. The van der Waals surface area contributed by atoms with Crippen LogP contribution in [0.25, 0.3) is 0 Å². The summed E-state index contributed by atoms with van der Waals surface area (Å²) in [4.78, 5) is 12.0. The molecule has 3 heteroatoms. The molecule has 0 aromatic heterocycles. The van der Waals surface area contributed by atoms with E-state index < -0.39 is 5.97 Å². The fourth-order valence-electron chi connectivity index (χ4n) is 6.55. The van der Waals surface area contributed by atoms with Gasteiger partial charge in [0.15, 0.2) is 0 Å². The van der Waals surface area contributed by atoms with Crippen LogP contribution in [0.4, 0.5) is 0 Å². The topological polar surface area (TPSA) is 49.3 Å². The molecule has 2 N–H and O–H groups in total. The van der Waals surface area contributed by atoms with Gasteiger partial charge in [0.05, 0.1) is 0 Å². The molecule has 0 aliphatic heterocycles. The Morgan fingerprint density at radius 1 is 0.952 bits per heavy atom. The smallest absolute Gasteiger partial charge is 0.321 e. The zero-order valence-corrected chi connectivity index (χ0v) is 13.0. The Hall–Kier alpha value is -0.570. The fourth-order valence-corrected chi connectivity index (χ4v) is 6.55. The highest BCUT2D eigenvalue weighted by Crippen LogP contribution is 2.61. The molecule has 5 fully saturated rings. The van der Waals surface area contributed by atoms with E-state index >= 15 is 0 Å². The highest BCUT2D eigenvalue weighted by atomic mass is 16.4. The molecule has 5 aliphatic rings. The monoisotopic (exact) mass is 291 g/mol. The van der Waals surface area contributed by atoms with Crippen LogP contribution in [0.5, 0.6) is 0 Å². The Morgan fingerprint density at radius 3 is 1.95 bits per heavy atom. The minimum Gasteiger partial charge on any atom is -0.480 e. The van der Waals surface area contributed by atoms with Gasteiger partial charge in [-0.1, -0.05) is 19.3 Å². The summed E-state index contributed by atoms with van der Waals surface area (Å²) in [6, 6.07) is 0.168. The predicted molar refractivity (Wildman–Crippen MR) is 82.0 cm³/mol. The SMILES string of the molecule is O=C(O)C(NC1CCCCC1)C12CC3CC(CC(C3)C1)C2. The van der Waals surface area contributed by atoms with Gasteiger partial charge < -0.3 is 10.4 Å². The first-order valence-electron chi connectivity index (χ1n) is 9.13. The number of nitrogens with one attached hydrogen (secondary N) is 1. The Bertz CT molecular complexity index is 378. The highest BCUT2D eigenvalue weighted by molar-refractivity contribution is 5.75. The average Bonchev–Trinajstić information content (AvgIpc) is 2.44. The van der Waals surface area contributed by atoms with E-state index in [2.05, 4.69) is 5.32 Å². The van der Waals surface area contributed by atoms with E-state index in [0.717, 1.165) is 17.8 Å². The molecule has 21 heavy (non-hydrogen) atoms. The van der Waals surface area contributed by atoms with Crippen LogP contribution in [0.15, 0.2) is 0 Å². The third-order valence-electron chi connectivity index (χ3n) is 6.95. The summed E-state index contributed by atoms with van der Waals surface area (Å²) in [5, 5.41) is 13.5. The summed E-state index contributed by atoms with van der Waals surface area (Å²) in [6.45, 7) is 0. The third kappa shape index (κ3) is 2.52. The lowest BCUT2D eigenvalue weighted by Gasteiger charge is -2.59. The molecule has 0 spiro atoms. The molecule has 5 rings (SSSR count). The zero-order valence-electron chi connectivity index (χ0n) is 13.0. The number of carboxylic acid groups (broad SMARTS) is 1. The Morgan fingerprint density at radius 2 is 1.48 bits per heavy atom. The maximum atomic E-state index is 12.0. The molecule has 1 atom stereocenters. The standard InChI is InChI=1S/C18H29NO2/c20-17(21)16(19-15-4-2-1-3-5-15)18-9-12-6-13(10-18)8-14(7-12)11-18/h12-16,19H,1-11H2,(H,20,21). The van der Waals surface area contributed by atoms with Crippen molar-refractivity contribution in [2.24, 2.45) is 23.2 Å². The van der Waals surface area contributed by atoms with Gasteiger partial charge >= 0.3 is 5.97 Å². The Labute approximate surface area is 127 Å². The van der Waals surface area contributed by atoms with E-state index in [0.29, 0.717) is 6.04 Å². The molecule has 1 unspecified atom stereocenters. The van der Waals surface area contributed by atoms with Crippen molar-refractivity contribution in [2.75, 3.05) is 0 Å². The number of hydrogen-bond donors (Lipinski definition) is 2. The summed E-state index contributed by atoms with van der Waals surface area (Å²) in [5.74, 6) is 1.89. The van der Waals surface area contributed by atoms with Crippen molar-refractivity contribution in [3.05, 3.63) is 0 Å². The van der Waals surface area contributed by atoms with Gasteiger partial charge in [0.1, 0.15) is 6.04 Å². The molecule has 0 heterocycles. The van der Waals surface area contributed by atoms with Crippen LogP contribution in [0.3, 0.4) is 0 Å². The zero-order chi connectivity index (χ0) is 14.4. The maximum Gasteiger partial charge on any atom is 0.321 e. The quantitative estimate of drug-likeness (QED) is 0.832. The molecule has 0 aromatic carbocycles. The molecular formula is C18H29NO2. The van der Waals surface area contributed by atoms with E-state index in [1.807, 2.05) is 0 Å². The first kappa shape index (κ1) is 14.0. The lowest BCUT2D eigenvalue weighted by atomic mass is 9.47. The van der Waals surface area contributed by atoms with Crippen molar-refractivity contribution in [3.8, 4) is 0 Å². The van der Waals surface area contributed by atoms with Crippen molar-refractivity contribution < 1.29 is 9.90 Å². The molecule has 5 saturated carbocycles.